The number of benzene rings is 3. The second-order valence-electron chi connectivity index (χ2n) is 14.0. The van der Waals surface area contributed by atoms with Gasteiger partial charge in [-0.3, -0.25) is 24.1 Å². The summed E-state index contributed by atoms with van der Waals surface area (Å²) in [6, 6.07) is 11.4. The zero-order chi connectivity index (χ0) is 40.9. The van der Waals surface area contributed by atoms with E-state index >= 15 is 4.39 Å². The van der Waals surface area contributed by atoms with Crippen LogP contribution in [0.15, 0.2) is 88.8 Å². The lowest BCUT2D eigenvalue weighted by Crippen LogP contribution is -2.53. The molecule has 0 aliphatic carbocycles. The molecule has 2 atom stereocenters. The zero-order valence-corrected chi connectivity index (χ0v) is 31.0. The summed E-state index contributed by atoms with van der Waals surface area (Å²) in [5, 5.41) is 3.26. The van der Waals surface area contributed by atoms with Crippen molar-refractivity contribution in [2.24, 2.45) is 7.05 Å². The lowest BCUT2D eigenvalue weighted by molar-refractivity contribution is -0.167. The molecule has 5 heterocycles. The third kappa shape index (κ3) is 7.01. The molecule has 0 bridgehead atoms. The highest BCUT2D eigenvalue weighted by atomic mass is 19.4. The van der Waals surface area contributed by atoms with Crippen molar-refractivity contribution < 1.29 is 41.4 Å². The van der Waals surface area contributed by atoms with E-state index in [1.165, 1.54) is 55.3 Å². The number of fused-ring (bicyclic) bond motifs is 3. The number of morpholine rings is 1. The summed E-state index contributed by atoms with van der Waals surface area (Å²) >= 11 is 0. The van der Waals surface area contributed by atoms with Crippen LogP contribution in [0.3, 0.4) is 0 Å². The van der Waals surface area contributed by atoms with Gasteiger partial charge in [-0.25, -0.2) is 18.5 Å². The molecule has 58 heavy (non-hydrogen) atoms. The minimum atomic E-state index is -4.66. The summed E-state index contributed by atoms with van der Waals surface area (Å²) in [7, 11) is 1.51. The largest absolute Gasteiger partial charge is 0.493 e. The Kier molecular flexibility index (Phi) is 9.92. The molecule has 0 spiro atoms. The Morgan fingerprint density at radius 3 is 2.66 bits per heavy atom. The van der Waals surface area contributed by atoms with E-state index in [9.17, 15) is 32.3 Å². The Labute approximate surface area is 326 Å². The summed E-state index contributed by atoms with van der Waals surface area (Å²) in [4.78, 5) is 64.8. The van der Waals surface area contributed by atoms with Gasteiger partial charge in [0.1, 0.15) is 29.4 Å². The number of hydrogen-bond donors (Lipinski definition) is 1. The van der Waals surface area contributed by atoms with Crippen molar-refractivity contribution in [3.05, 3.63) is 128 Å². The van der Waals surface area contributed by atoms with E-state index in [0.29, 0.717) is 35.2 Å². The first-order valence-corrected chi connectivity index (χ1v) is 18.2. The number of aromatic nitrogens is 4. The van der Waals surface area contributed by atoms with Gasteiger partial charge in [-0.05, 0) is 60.0 Å². The molecule has 2 aliphatic heterocycles. The highest BCUT2D eigenvalue weighted by Gasteiger charge is 2.46. The summed E-state index contributed by atoms with van der Waals surface area (Å²) in [6.45, 7) is 1.05. The van der Waals surface area contributed by atoms with E-state index < -0.39 is 59.4 Å². The van der Waals surface area contributed by atoms with Crippen LogP contribution in [0.1, 0.15) is 27.0 Å². The average Bonchev–Trinajstić information content (AvgIpc) is 3.68. The van der Waals surface area contributed by atoms with Crippen LogP contribution in [0.5, 0.6) is 11.5 Å². The molecule has 2 aliphatic rings. The lowest BCUT2D eigenvalue weighted by atomic mass is 9.99. The number of alkyl halides is 3. The number of hydrogen-bond acceptors (Lipinski definition) is 10. The zero-order valence-electron chi connectivity index (χ0n) is 31.0. The number of esters is 1. The molecule has 1 amide bonds. The van der Waals surface area contributed by atoms with Crippen LogP contribution in [0, 0.1) is 12.7 Å². The van der Waals surface area contributed by atoms with E-state index in [-0.39, 0.29) is 53.2 Å². The van der Waals surface area contributed by atoms with E-state index in [4.69, 9.17) is 14.2 Å². The first-order valence-electron chi connectivity index (χ1n) is 18.2. The number of halogens is 4. The van der Waals surface area contributed by atoms with E-state index in [1.54, 1.807) is 36.4 Å². The molecule has 1 saturated heterocycles. The van der Waals surface area contributed by atoms with Crippen LogP contribution in [0.4, 0.5) is 23.2 Å². The molecule has 298 valence electrons. The highest BCUT2D eigenvalue weighted by Crippen LogP contribution is 2.34. The van der Waals surface area contributed by atoms with Crippen LogP contribution >= 0.6 is 0 Å². The van der Waals surface area contributed by atoms with E-state index in [1.807, 2.05) is 0 Å². The van der Waals surface area contributed by atoms with Crippen molar-refractivity contribution >= 4 is 39.4 Å². The average molecular weight is 799 g/mol. The first kappa shape index (κ1) is 38.3. The van der Waals surface area contributed by atoms with Gasteiger partial charge in [0.05, 0.1) is 53.7 Å². The van der Waals surface area contributed by atoms with Crippen LogP contribution in [0.2, 0.25) is 0 Å². The van der Waals surface area contributed by atoms with Crippen molar-refractivity contribution in [3.8, 4) is 17.2 Å². The lowest BCUT2D eigenvalue weighted by Gasteiger charge is -2.38. The number of nitrogens with one attached hydrogen (secondary N) is 1. The normalized spacial score (nSPS) is 15.9. The summed E-state index contributed by atoms with van der Waals surface area (Å²) in [6.07, 6.45) is 0.125. The van der Waals surface area contributed by atoms with Crippen molar-refractivity contribution in [2.45, 2.75) is 38.0 Å². The van der Waals surface area contributed by atoms with Gasteiger partial charge < -0.3 is 24.4 Å². The topological polar surface area (TPSA) is 147 Å². The molecular formula is C41H34F4N6O7. The highest BCUT2D eigenvalue weighted by molar-refractivity contribution is 5.99. The third-order valence-corrected chi connectivity index (χ3v) is 10.4. The SMILES string of the molecule is Cc1cc(N2CCOC[C@@H]2C(F)(F)F)cc(F)c1C(=O)N[C@@H](Cc1ccc(-n2c(=O)c3ccncc3n(C)c2=O)c2ncccc12)C(=O)Oc1ccc2c(c1)OCC2. The number of rotatable bonds is 8. The Balaban J connectivity index is 1.16. The summed E-state index contributed by atoms with van der Waals surface area (Å²) in [5.74, 6) is -2.37. The molecule has 13 nitrogen and oxygen atoms in total. The van der Waals surface area contributed by atoms with Gasteiger partial charge >= 0.3 is 17.8 Å². The van der Waals surface area contributed by atoms with E-state index in [2.05, 4.69) is 15.3 Å². The molecule has 0 radical (unpaired) electrons. The molecule has 6 aromatic rings. The monoisotopic (exact) mass is 798 g/mol. The number of ether oxygens (including phenoxy) is 3. The minimum absolute atomic E-state index is 0.00579. The Hall–Kier alpha value is -6.62. The summed E-state index contributed by atoms with van der Waals surface area (Å²) < 4.78 is 76.1. The number of nitrogens with zero attached hydrogens (tertiary/aromatic N) is 5. The Morgan fingerprint density at radius 1 is 1.03 bits per heavy atom. The number of amides is 1. The molecule has 3 aromatic carbocycles. The first-order chi connectivity index (χ1) is 27.8. The molecule has 0 unspecified atom stereocenters. The van der Waals surface area contributed by atoms with Gasteiger partial charge in [-0.15, -0.1) is 0 Å². The maximum atomic E-state index is 15.9. The molecule has 8 rings (SSSR count). The predicted octanol–water partition coefficient (Wildman–Crippen LogP) is 4.73. The van der Waals surface area contributed by atoms with Gasteiger partial charge in [0.25, 0.3) is 11.5 Å². The van der Waals surface area contributed by atoms with Crippen LogP contribution in [-0.2, 0) is 29.4 Å². The quantitative estimate of drug-likeness (QED) is 0.130. The molecule has 3 aromatic heterocycles. The van der Waals surface area contributed by atoms with Crippen molar-refractivity contribution in [3.63, 3.8) is 0 Å². The molecule has 1 N–H and O–H groups in total. The van der Waals surface area contributed by atoms with E-state index in [0.717, 1.165) is 21.1 Å². The fraction of sp³-hybridized carbons (Fsp3) is 0.268. The van der Waals surface area contributed by atoms with Crippen molar-refractivity contribution in [1.29, 1.82) is 0 Å². The second-order valence-corrected chi connectivity index (χ2v) is 14.0. The van der Waals surface area contributed by atoms with Gasteiger partial charge in [-0.2, -0.15) is 13.2 Å². The third-order valence-electron chi connectivity index (χ3n) is 10.4. The van der Waals surface area contributed by atoms with Crippen molar-refractivity contribution in [1.82, 2.24) is 24.4 Å². The summed E-state index contributed by atoms with van der Waals surface area (Å²) in [5.41, 5.74) is 0.323. The molecule has 0 saturated carbocycles. The van der Waals surface area contributed by atoms with Crippen LogP contribution < -0.4 is 30.9 Å². The minimum Gasteiger partial charge on any atom is -0.493 e. The number of carbonyl (C=O) groups excluding carboxylic acids is 2. The molecular weight excluding hydrogens is 764 g/mol. The van der Waals surface area contributed by atoms with Gasteiger partial charge in [-0.1, -0.05) is 18.2 Å². The fourth-order valence-corrected chi connectivity index (χ4v) is 7.49. The van der Waals surface area contributed by atoms with Gasteiger partial charge in [0.15, 0.2) is 0 Å². The van der Waals surface area contributed by atoms with Crippen molar-refractivity contribution in [2.75, 3.05) is 31.3 Å². The van der Waals surface area contributed by atoms with Crippen LogP contribution in [-0.4, -0.2) is 75.6 Å². The number of pyridine rings is 2. The van der Waals surface area contributed by atoms with Gasteiger partial charge in [0, 0.05) is 56.0 Å². The predicted molar refractivity (Wildman–Crippen MR) is 203 cm³/mol. The number of anilines is 1. The fourth-order valence-electron chi connectivity index (χ4n) is 7.49. The maximum absolute atomic E-state index is 15.9. The Morgan fingerprint density at radius 2 is 1.86 bits per heavy atom. The smallest absolute Gasteiger partial charge is 0.411 e. The second kappa shape index (κ2) is 15.0. The van der Waals surface area contributed by atoms with Crippen LogP contribution in [0.25, 0.3) is 27.5 Å². The molecule has 17 heteroatoms. The Bertz CT molecular complexity index is 2730. The number of aryl methyl sites for hydroxylation is 2. The standard InChI is InChI=1S/C41H34F4N6O7/c1-22-16-25(50-13-15-56-21-34(50)41(43,44)45)18-29(42)35(22)37(52)48-30(39(54)58-26-7-5-23-10-14-57-33(23)19-26)17-24-6-8-31(36-27(24)4-3-11-47-36)51-38(53)28-9-12-46-20-32(28)49(2)40(51)55/h3-9,11-12,16,18-20,30,34H,10,13-15,17,21H2,1-2H3,(H,48,52)/t30-,34+/m0/s1. The number of carbonyl (C=O) groups is 2. The maximum Gasteiger partial charge on any atom is 0.411 e. The molecule has 1 fully saturated rings. The van der Waals surface area contributed by atoms with Gasteiger partial charge in [0.2, 0.25) is 0 Å².